The molecule has 0 bridgehead atoms. The molecule has 0 amide bonds. The maximum atomic E-state index is 13.0. The molecule has 2 aromatic heterocycles. The van der Waals surface area contributed by atoms with Gasteiger partial charge in [0.1, 0.15) is 5.69 Å². The van der Waals surface area contributed by atoms with Crippen molar-refractivity contribution >= 4 is 11.0 Å². The van der Waals surface area contributed by atoms with Gasteiger partial charge in [-0.2, -0.15) is 18.3 Å². The van der Waals surface area contributed by atoms with Crippen LogP contribution in [0.4, 0.5) is 13.2 Å². The number of imidazole rings is 1. The molecule has 0 aliphatic heterocycles. The predicted octanol–water partition coefficient (Wildman–Crippen LogP) is 3.28. The number of aryl methyl sites for hydroxylation is 1. The summed E-state index contributed by atoms with van der Waals surface area (Å²) in [6.07, 6.45) is -2.84. The van der Waals surface area contributed by atoms with Crippen LogP contribution in [0.5, 0.6) is 0 Å². The summed E-state index contributed by atoms with van der Waals surface area (Å²) in [5.74, 6) is 0.312. The van der Waals surface area contributed by atoms with E-state index in [-0.39, 0.29) is 11.0 Å². The van der Waals surface area contributed by atoms with Gasteiger partial charge in [0.2, 0.25) is 0 Å². The first kappa shape index (κ1) is 11.8. The molecule has 98 valence electrons. The first-order valence-electron chi connectivity index (χ1n) is 5.53. The van der Waals surface area contributed by atoms with Crippen molar-refractivity contribution in [3.63, 3.8) is 0 Å². The van der Waals surface area contributed by atoms with Crippen LogP contribution >= 0.6 is 0 Å². The SMILES string of the molecule is Cc1cc(C(F)(F)F)c2[nH]c(-c3cc[nH]n3)nc2c1. The maximum Gasteiger partial charge on any atom is 0.418 e. The molecule has 0 spiro atoms. The van der Waals surface area contributed by atoms with Crippen LogP contribution in [0.25, 0.3) is 22.6 Å². The summed E-state index contributed by atoms with van der Waals surface area (Å²) < 4.78 is 38.9. The van der Waals surface area contributed by atoms with Crippen molar-refractivity contribution in [3.05, 3.63) is 35.5 Å². The molecule has 1 aromatic carbocycles. The summed E-state index contributed by atoms with van der Waals surface area (Å²) in [7, 11) is 0. The van der Waals surface area contributed by atoms with Crippen LogP contribution in [0.3, 0.4) is 0 Å². The third-order valence-corrected chi connectivity index (χ3v) is 2.79. The monoisotopic (exact) mass is 266 g/mol. The van der Waals surface area contributed by atoms with E-state index in [2.05, 4.69) is 20.2 Å². The Balaban J connectivity index is 2.28. The van der Waals surface area contributed by atoms with Crippen LogP contribution in [-0.2, 0) is 6.18 Å². The first-order valence-corrected chi connectivity index (χ1v) is 5.53. The van der Waals surface area contributed by atoms with E-state index in [1.54, 1.807) is 25.3 Å². The summed E-state index contributed by atoms with van der Waals surface area (Å²) in [5.41, 5.74) is 0.542. The fraction of sp³-hybridized carbons (Fsp3) is 0.167. The highest BCUT2D eigenvalue weighted by Gasteiger charge is 2.34. The van der Waals surface area contributed by atoms with E-state index in [1.807, 2.05) is 0 Å². The fourth-order valence-electron chi connectivity index (χ4n) is 1.99. The molecule has 3 rings (SSSR count). The maximum absolute atomic E-state index is 13.0. The molecule has 4 nitrogen and oxygen atoms in total. The molecule has 0 saturated heterocycles. The third kappa shape index (κ3) is 1.96. The average Bonchev–Trinajstić information content (AvgIpc) is 2.93. The van der Waals surface area contributed by atoms with Gasteiger partial charge in [-0.05, 0) is 30.7 Å². The number of hydrogen-bond acceptors (Lipinski definition) is 2. The number of fused-ring (bicyclic) bond motifs is 1. The Bertz CT molecular complexity index is 725. The third-order valence-electron chi connectivity index (χ3n) is 2.79. The Hall–Kier alpha value is -2.31. The van der Waals surface area contributed by atoms with Gasteiger partial charge in [-0.3, -0.25) is 5.10 Å². The zero-order valence-electron chi connectivity index (χ0n) is 9.84. The van der Waals surface area contributed by atoms with Crippen LogP contribution in [0.15, 0.2) is 24.4 Å². The minimum Gasteiger partial charge on any atom is -0.336 e. The van der Waals surface area contributed by atoms with Gasteiger partial charge in [-0.1, -0.05) is 0 Å². The number of benzene rings is 1. The number of nitrogens with one attached hydrogen (secondary N) is 2. The van der Waals surface area contributed by atoms with Crippen LogP contribution < -0.4 is 0 Å². The quantitative estimate of drug-likeness (QED) is 0.710. The smallest absolute Gasteiger partial charge is 0.336 e. The van der Waals surface area contributed by atoms with Crippen molar-refractivity contribution in [2.45, 2.75) is 13.1 Å². The molecular weight excluding hydrogens is 257 g/mol. The molecule has 0 aliphatic carbocycles. The fourth-order valence-corrected chi connectivity index (χ4v) is 1.99. The van der Waals surface area contributed by atoms with E-state index < -0.39 is 11.7 Å². The van der Waals surface area contributed by atoms with E-state index in [1.165, 1.54) is 0 Å². The average molecular weight is 266 g/mol. The Labute approximate surface area is 105 Å². The minimum atomic E-state index is -4.42. The van der Waals surface area contributed by atoms with Crippen LogP contribution in [0.1, 0.15) is 11.1 Å². The molecule has 3 aromatic rings. The van der Waals surface area contributed by atoms with Gasteiger partial charge in [0.25, 0.3) is 0 Å². The largest absolute Gasteiger partial charge is 0.418 e. The summed E-state index contributed by atoms with van der Waals surface area (Å²) in [6, 6.07) is 4.35. The van der Waals surface area contributed by atoms with E-state index in [9.17, 15) is 13.2 Å². The first-order chi connectivity index (χ1) is 8.95. The lowest BCUT2D eigenvalue weighted by atomic mass is 10.1. The van der Waals surface area contributed by atoms with Crippen molar-refractivity contribution < 1.29 is 13.2 Å². The highest BCUT2D eigenvalue weighted by atomic mass is 19.4. The Morgan fingerprint density at radius 2 is 2.00 bits per heavy atom. The number of aromatic nitrogens is 4. The topological polar surface area (TPSA) is 57.4 Å². The van der Waals surface area contributed by atoms with Gasteiger partial charge >= 0.3 is 6.18 Å². The van der Waals surface area contributed by atoms with Crippen molar-refractivity contribution in [1.82, 2.24) is 20.2 Å². The Kier molecular flexibility index (Phi) is 2.38. The summed E-state index contributed by atoms with van der Waals surface area (Å²) in [4.78, 5) is 6.84. The van der Waals surface area contributed by atoms with E-state index in [0.717, 1.165) is 6.07 Å². The second kappa shape index (κ2) is 3.84. The van der Waals surface area contributed by atoms with Crippen LogP contribution in [0, 0.1) is 6.92 Å². The van der Waals surface area contributed by atoms with Crippen molar-refractivity contribution in [3.8, 4) is 11.5 Å². The molecule has 2 N–H and O–H groups in total. The second-order valence-electron chi connectivity index (χ2n) is 4.25. The summed E-state index contributed by atoms with van der Waals surface area (Å²) in [6.45, 7) is 1.61. The summed E-state index contributed by atoms with van der Waals surface area (Å²) in [5, 5.41) is 6.49. The van der Waals surface area contributed by atoms with E-state index in [0.29, 0.717) is 17.1 Å². The molecule has 0 fully saturated rings. The highest BCUT2D eigenvalue weighted by molar-refractivity contribution is 5.83. The van der Waals surface area contributed by atoms with E-state index in [4.69, 9.17) is 0 Å². The van der Waals surface area contributed by atoms with Crippen LogP contribution in [-0.4, -0.2) is 20.2 Å². The van der Waals surface area contributed by atoms with Crippen molar-refractivity contribution in [2.24, 2.45) is 0 Å². The Morgan fingerprint density at radius 1 is 1.21 bits per heavy atom. The van der Waals surface area contributed by atoms with Crippen LogP contribution in [0.2, 0.25) is 0 Å². The molecule has 7 heteroatoms. The number of hydrogen-bond donors (Lipinski definition) is 2. The van der Waals surface area contributed by atoms with Crippen molar-refractivity contribution in [1.29, 1.82) is 0 Å². The zero-order chi connectivity index (χ0) is 13.6. The lowest BCUT2D eigenvalue weighted by Crippen LogP contribution is -2.06. The number of nitrogens with zero attached hydrogens (tertiary/aromatic N) is 2. The molecule has 0 aliphatic rings. The lowest BCUT2D eigenvalue weighted by Gasteiger charge is -2.08. The normalized spacial score (nSPS) is 12.2. The number of aromatic amines is 2. The Morgan fingerprint density at radius 3 is 2.63 bits per heavy atom. The predicted molar refractivity (Wildman–Crippen MR) is 63.4 cm³/mol. The zero-order valence-corrected chi connectivity index (χ0v) is 9.84. The van der Waals surface area contributed by atoms with Gasteiger partial charge in [-0.15, -0.1) is 0 Å². The molecule has 2 heterocycles. The van der Waals surface area contributed by atoms with E-state index >= 15 is 0 Å². The molecule has 0 radical (unpaired) electrons. The number of rotatable bonds is 1. The van der Waals surface area contributed by atoms with Gasteiger partial charge in [0, 0.05) is 6.20 Å². The molecule has 19 heavy (non-hydrogen) atoms. The molecule has 0 unspecified atom stereocenters. The lowest BCUT2D eigenvalue weighted by molar-refractivity contribution is -0.136. The highest BCUT2D eigenvalue weighted by Crippen LogP contribution is 2.35. The van der Waals surface area contributed by atoms with Gasteiger partial charge in [-0.25, -0.2) is 4.98 Å². The molecular formula is C12H9F3N4. The van der Waals surface area contributed by atoms with Gasteiger partial charge in [0.05, 0.1) is 16.6 Å². The molecule has 0 saturated carbocycles. The standard InChI is InChI=1S/C12H9F3N4/c1-6-4-7(12(13,14)15)10-9(5-6)17-11(18-10)8-2-3-16-19-8/h2-5H,1H3,(H,16,19)(H,17,18). The number of halogens is 3. The number of H-pyrrole nitrogens is 2. The van der Waals surface area contributed by atoms with Gasteiger partial charge in [0.15, 0.2) is 5.82 Å². The number of alkyl halides is 3. The minimum absolute atomic E-state index is 0.0175. The van der Waals surface area contributed by atoms with Crippen molar-refractivity contribution in [2.75, 3.05) is 0 Å². The summed E-state index contributed by atoms with van der Waals surface area (Å²) >= 11 is 0. The molecule has 0 atom stereocenters. The second-order valence-corrected chi connectivity index (χ2v) is 4.25. The van der Waals surface area contributed by atoms with Gasteiger partial charge < -0.3 is 4.98 Å².